The number of halogens is 1. The van der Waals surface area contributed by atoms with Crippen molar-refractivity contribution in [3.8, 4) is 11.3 Å². The molecule has 0 bridgehead atoms. The van der Waals surface area contributed by atoms with Crippen molar-refractivity contribution in [3.63, 3.8) is 0 Å². The molecule has 0 radical (unpaired) electrons. The van der Waals surface area contributed by atoms with E-state index >= 15 is 0 Å². The quantitative estimate of drug-likeness (QED) is 0.750. The molecular weight excluding hydrogens is 370 g/mol. The Hall–Kier alpha value is -1.82. The summed E-state index contributed by atoms with van der Waals surface area (Å²) in [5.74, 6) is 0.724. The van der Waals surface area contributed by atoms with E-state index < -0.39 is 6.09 Å². The second kappa shape index (κ2) is 6.24. The van der Waals surface area contributed by atoms with Crippen molar-refractivity contribution in [2.45, 2.75) is 45.7 Å². The van der Waals surface area contributed by atoms with Crippen LogP contribution in [-0.4, -0.2) is 32.1 Å². The van der Waals surface area contributed by atoms with Gasteiger partial charge >= 0.3 is 6.09 Å². The van der Waals surface area contributed by atoms with Gasteiger partial charge in [0.15, 0.2) is 0 Å². The average Bonchev–Trinajstić information content (AvgIpc) is 3.14. The molecule has 1 aromatic carbocycles. The zero-order valence-corrected chi connectivity index (χ0v) is 15.7. The van der Waals surface area contributed by atoms with Gasteiger partial charge in [-0.15, -0.1) is 0 Å². The summed E-state index contributed by atoms with van der Waals surface area (Å²) in [6.45, 7) is 6.27. The minimum Gasteiger partial charge on any atom is -0.465 e. The highest BCUT2D eigenvalue weighted by molar-refractivity contribution is 9.10. The molecule has 1 aromatic heterocycles. The first kappa shape index (κ1) is 17.0. The van der Waals surface area contributed by atoms with E-state index in [1.54, 1.807) is 11.1 Å². The minimum atomic E-state index is -0.876. The molecule has 0 aliphatic carbocycles. The molecule has 24 heavy (non-hydrogen) atoms. The van der Waals surface area contributed by atoms with Crippen LogP contribution in [0.2, 0.25) is 0 Å². The van der Waals surface area contributed by atoms with E-state index in [2.05, 4.69) is 46.7 Å². The first-order chi connectivity index (χ1) is 11.3. The molecule has 0 spiro atoms. The lowest BCUT2D eigenvalue weighted by Gasteiger charge is -2.35. The second-order valence-corrected chi connectivity index (χ2v) is 8.27. The molecule has 1 saturated heterocycles. The number of hydrogen-bond acceptors (Lipinski definition) is 2. The summed E-state index contributed by atoms with van der Waals surface area (Å²) in [6.07, 6.45) is 2.55. The predicted octanol–water partition coefficient (Wildman–Crippen LogP) is 5.07. The van der Waals surface area contributed by atoms with E-state index in [0.29, 0.717) is 0 Å². The number of amides is 1. The fourth-order valence-corrected chi connectivity index (χ4v) is 3.74. The summed E-state index contributed by atoms with van der Waals surface area (Å²) in [5, 5.41) is 9.71. The number of rotatable bonds is 2. The summed E-state index contributed by atoms with van der Waals surface area (Å²) in [6, 6.07) is 7.75. The lowest BCUT2D eigenvalue weighted by atomic mass is 9.85. The number of likely N-dealkylation sites (tertiary alicyclic amines) is 1. The molecule has 3 rings (SSSR count). The van der Waals surface area contributed by atoms with Gasteiger partial charge in [0.25, 0.3) is 0 Å². The van der Waals surface area contributed by atoms with Crippen LogP contribution in [0.25, 0.3) is 11.3 Å². The van der Waals surface area contributed by atoms with Crippen LogP contribution < -0.4 is 0 Å². The fourth-order valence-electron chi connectivity index (χ4n) is 3.48. The highest BCUT2D eigenvalue weighted by Crippen LogP contribution is 2.42. The van der Waals surface area contributed by atoms with E-state index in [-0.39, 0.29) is 17.5 Å². The molecule has 5 nitrogen and oxygen atoms in total. The van der Waals surface area contributed by atoms with Crippen molar-refractivity contribution < 1.29 is 9.90 Å². The molecule has 2 atom stereocenters. The molecule has 2 unspecified atom stereocenters. The Labute approximate surface area is 150 Å². The van der Waals surface area contributed by atoms with E-state index in [1.165, 1.54) is 0 Å². The number of aromatic amines is 1. The largest absolute Gasteiger partial charge is 0.465 e. The zero-order valence-electron chi connectivity index (χ0n) is 14.1. The third-order valence-electron chi connectivity index (χ3n) is 4.67. The Kier molecular flexibility index (Phi) is 4.42. The van der Waals surface area contributed by atoms with E-state index in [4.69, 9.17) is 0 Å². The molecule has 2 aromatic rings. The van der Waals surface area contributed by atoms with Gasteiger partial charge in [0.05, 0.1) is 17.9 Å². The molecule has 2 N–H and O–H groups in total. The molecule has 6 heteroatoms. The molecule has 128 valence electrons. The summed E-state index contributed by atoms with van der Waals surface area (Å²) < 4.78 is 1.02. The number of hydrogen-bond donors (Lipinski definition) is 2. The van der Waals surface area contributed by atoms with Crippen molar-refractivity contribution in [1.82, 2.24) is 14.9 Å². The Morgan fingerprint density at radius 1 is 1.29 bits per heavy atom. The van der Waals surface area contributed by atoms with Crippen molar-refractivity contribution in [1.29, 1.82) is 0 Å². The van der Waals surface area contributed by atoms with Crippen LogP contribution in [0.1, 0.15) is 45.5 Å². The van der Waals surface area contributed by atoms with Gasteiger partial charge in [0.1, 0.15) is 5.82 Å². The number of carboxylic acid groups (broad SMARTS) is 1. The van der Waals surface area contributed by atoms with Gasteiger partial charge in [0.2, 0.25) is 0 Å². The molecular formula is C18H22BrN3O2. The average molecular weight is 392 g/mol. The lowest BCUT2D eigenvalue weighted by Crippen LogP contribution is -2.43. The summed E-state index contributed by atoms with van der Waals surface area (Å²) >= 11 is 3.43. The van der Waals surface area contributed by atoms with Crippen LogP contribution >= 0.6 is 15.9 Å². The Balaban J connectivity index is 1.89. The number of aromatic nitrogens is 2. The van der Waals surface area contributed by atoms with Crippen LogP contribution in [0.15, 0.2) is 34.9 Å². The smallest absolute Gasteiger partial charge is 0.408 e. The van der Waals surface area contributed by atoms with E-state index in [9.17, 15) is 9.90 Å². The maximum Gasteiger partial charge on any atom is 0.408 e. The van der Waals surface area contributed by atoms with E-state index in [1.807, 2.05) is 24.3 Å². The number of nitrogens with zero attached hydrogens (tertiary/aromatic N) is 2. The highest BCUT2D eigenvalue weighted by Gasteiger charge is 2.44. The van der Waals surface area contributed by atoms with Crippen molar-refractivity contribution >= 4 is 22.0 Å². The standard InChI is InChI=1S/C18H22BrN3O2/c1-18(2,3)15-9-8-14(22(15)17(23)24)16-20-10-13(21-16)11-4-6-12(19)7-5-11/h4-7,10,14-15H,8-9H2,1-3H3,(H,20,21)(H,23,24). The van der Waals surface area contributed by atoms with Gasteiger partial charge in [0, 0.05) is 10.5 Å². The van der Waals surface area contributed by atoms with Gasteiger partial charge in [-0.05, 0) is 36.0 Å². The Bertz CT molecular complexity index is 733. The van der Waals surface area contributed by atoms with Crippen LogP contribution in [0.4, 0.5) is 4.79 Å². The monoisotopic (exact) mass is 391 g/mol. The number of carbonyl (C=O) groups is 1. The van der Waals surface area contributed by atoms with Crippen LogP contribution in [-0.2, 0) is 0 Å². The predicted molar refractivity (Wildman–Crippen MR) is 96.8 cm³/mol. The lowest BCUT2D eigenvalue weighted by molar-refractivity contribution is 0.0851. The van der Waals surface area contributed by atoms with Crippen molar-refractivity contribution in [2.75, 3.05) is 0 Å². The molecule has 0 saturated carbocycles. The molecule has 1 aliphatic heterocycles. The summed E-state index contributed by atoms with van der Waals surface area (Å²) in [4.78, 5) is 21.2. The van der Waals surface area contributed by atoms with Gasteiger partial charge in [-0.2, -0.15) is 0 Å². The molecule has 1 fully saturated rings. The van der Waals surface area contributed by atoms with Gasteiger partial charge < -0.3 is 10.1 Å². The summed E-state index contributed by atoms with van der Waals surface area (Å²) in [7, 11) is 0. The maximum absolute atomic E-state index is 11.8. The molecule has 2 heterocycles. The number of nitrogens with one attached hydrogen (secondary N) is 1. The van der Waals surface area contributed by atoms with E-state index in [0.717, 1.165) is 34.4 Å². The Morgan fingerprint density at radius 2 is 1.96 bits per heavy atom. The minimum absolute atomic E-state index is 0.00114. The Morgan fingerprint density at radius 3 is 2.54 bits per heavy atom. The third kappa shape index (κ3) is 3.20. The highest BCUT2D eigenvalue weighted by atomic mass is 79.9. The normalized spacial score (nSPS) is 21.2. The van der Waals surface area contributed by atoms with Crippen molar-refractivity contribution in [2.24, 2.45) is 5.41 Å². The van der Waals surface area contributed by atoms with Gasteiger partial charge in [-0.3, -0.25) is 4.90 Å². The zero-order chi connectivity index (χ0) is 17.5. The van der Waals surface area contributed by atoms with Crippen LogP contribution in [0.5, 0.6) is 0 Å². The number of H-pyrrole nitrogens is 1. The molecule has 1 aliphatic rings. The second-order valence-electron chi connectivity index (χ2n) is 7.35. The van der Waals surface area contributed by atoms with Gasteiger partial charge in [-0.25, -0.2) is 9.78 Å². The van der Waals surface area contributed by atoms with Crippen LogP contribution in [0.3, 0.4) is 0 Å². The number of imidazole rings is 1. The SMILES string of the molecule is CC(C)(C)C1CCC(c2ncc(-c3ccc(Br)cc3)[nH]2)N1C(=O)O. The maximum atomic E-state index is 11.8. The fraction of sp³-hybridized carbons (Fsp3) is 0.444. The summed E-state index contributed by atoms with van der Waals surface area (Å²) in [5.41, 5.74) is 1.85. The third-order valence-corrected chi connectivity index (χ3v) is 5.20. The molecule has 1 amide bonds. The first-order valence-electron chi connectivity index (χ1n) is 8.09. The van der Waals surface area contributed by atoms with Crippen LogP contribution in [0, 0.1) is 5.41 Å². The number of benzene rings is 1. The first-order valence-corrected chi connectivity index (χ1v) is 8.89. The topological polar surface area (TPSA) is 69.2 Å². The van der Waals surface area contributed by atoms with Gasteiger partial charge in [-0.1, -0.05) is 48.8 Å². The van der Waals surface area contributed by atoms with Crippen molar-refractivity contribution in [3.05, 3.63) is 40.8 Å².